The third kappa shape index (κ3) is 2.13. The number of amides is 2. The largest absolute Gasteiger partial charge is 0.478 e. The van der Waals surface area contributed by atoms with Crippen LogP contribution in [0.4, 0.5) is 16.2 Å². The molecule has 6 N–H and O–H groups in total. The van der Waals surface area contributed by atoms with Crippen LogP contribution >= 0.6 is 0 Å². The van der Waals surface area contributed by atoms with Gasteiger partial charge in [0.1, 0.15) is 0 Å². The topological polar surface area (TPSA) is 118 Å². The molecule has 0 aliphatic carbocycles. The van der Waals surface area contributed by atoms with Gasteiger partial charge in [-0.2, -0.15) is 0 Å². The quantitative estimate of drug-likeness (QED) is 0.512. The molecule has 14 heavy (non-hydrogen) atoms. The van der Waals surface area contributed by atoms with Crippen molar-refractivity contribution in [3.63, 3.8) is 0 Å². The number of carboxylic acid groups (broad SMARTS) is 1. The predicted octanol–water partition coefficient (Wildman–Crippen LogP) is 0.458. The van der Waals surface area contributed by atoms with Gasteiger partial charge in [-0.1, -0.05) is 0 Å². The van der Waals surface area contributed by atoms with E-state index in [9.17, 15) is 9.59 Å². The fourth-order valence-electron chi connectivity index (χ4n) is 0.962. The molecule has 0 spiro atoms. The number of nitrogen functional groups attached to an aromatic ring is 1. The van der Waals surface area contributed by atoms with Gasteiger partial charge in [-0.3, -0.25) is 0 Å². The number of nitrogens with one attached hydrogen (secondary N) is 1. The summed E-state index contributed by atoms with van der Waals surface area (Å²) in [6.45, 7) is 0. The molecule has 0 unspecified atom stereocenters. The maximum atomic E-state index is 10.6. The van der Waals surface area contributed by atoms with Crippen LogP contribution in [0.15, 0.2) is 18.2 Å². The lowest BCUT2D eigenvalue weighted by Gasteiger charge is -2.04. The average molecular weight is 195 g/mol. The fourth-order valence-corrected chi connectivity index (χ4v) is 0.962. The lowest BCUT2D eigenvalue weighted by Crippen LogP contribution is -2.19. The van der Waals surface area contributed by atoms with Crippen molar-refractivity contribution in [3.05, 3.63) is 23.8 Å². The molecule has 0 aliphatic rings. The Morgan fingerprint density at radius 2 is 2.00 bits per heavy atom. The number of nitrogens with two attached hydrogens (primary N) is 2. The van der Waals surface area contributed by atoms with E-state index in [1.165, 1.54) is 18.2 Å². The third-order valence-electron chi connectivity index (χ3n) is 1.55. The van der Waals surface area contributed by atoms with Crippen LogP contribution in [0, 0.1) is 0 Å². The molecule has 0 aromatic heterocycles. The lowest BCUT2D eigenvalue weighted by molar-refractivity contribution is 0.0698. The van der Waals surface area contributed by atoms with Gasteiger partial charge in [0.25, 0.3) is 0 Å². The van der Waals surface area contributed by atoms with Crippen LogP contribution in [0.25, 0.3) is 0 Å². The minimum absolute atomic E-state index is 0.0729. The molecule has 1 aromatic rings. The molecule has 6 heteroatoms. The molecule has 1 aromatic carbocycles. The number of anilines is 2. The van der Waals surface area contributed by atoms with Crippen LogP contribution in [0.5, 0.6) is 0 Å². The highest BCUT2D eigenvalue weighted by Crippen LogP contribution is 2.17. The molecule has 0 saturated carbocycles. The van der Waals surface area contributed by atoms with Crippen LogP contribution in [0.2, 0.25) is 0 Å². The number of aromatic carboxylic acids is 1. The predicted molar refractivity (Wildman–Crippen MR) is 51.0 cm³/mol. The number of rotatable bonds is 2. The number of carbonyl (C=O) groups excluding carboxylic acids is 1. The van der Waals surface area contributed by atoms with Crippen molar-refractivity contribution >= 4 is 23.4 Å². The standard InChI is InChI=1S/C8H9N3O3/c9-6-2-1-4(11-8(10)14)3-5(6)7(12)13/h1-3H,9H2,(H,12,13)(H3,10,11,14). The lowest BCUT2D eigenvalue weighted by atomic mass is 10.1. The van der Waals surface area contributed by atoms with Crippen LogP contribution < -0.4 is 16.8 Å². The molecule has 2 amide bonds. The van der Waals surface area contributed by atoms with Gasteiger partial charge in [0.15, 0.2) is 0 Å². The summed E-state index contributed by atoms with van der Waals surface area (Å²) in [5.41, 5.74) is 10.6. The first-order chi connectivity index (χ1) is 6.50. The summed E-state index contributed by atoms with van der Waals surface area (Å²) in [7, 11) is 0. The van der Waals surface area contributed by atoms with Gasteiger partial charge in [0.2, 0.25) is 0 Å². The maximum absolute atomic E-state index is 10.6. The maximum Gasteiger partial charge on any atom is 0.337 e. The summed E-state index contributed by atoms with van der Waals surface area (Å²) in [5.74, 6) is -1.16. The van der Waals surface area contributed by atoms with E-state index in [1.807, 2.05) is 0 Å². The van der Waals surface area contributed by atoms with Crippen molar-refractivity contribution in [1.29, 1.82) is 0 Å². The summed E-state index contributed by atoms with van der Waals surface area (Å²) >= 11 is 0. The zero-order valence-electron chi connectivity index (χ0n) is 7.15. The highest BCUT2D eigenvalue weighted by molar-refractivity contribution is 5.96. The van der Waals surface area contributed by atoms with Crippen molar-refractivity contribution in [2.75, 3.05) is 11.1 Å². The Morgan fingerprint density at radius 3 is 2.50 bits per heavy atom. The average Bonchev–Trinajstić information content (AvgIpc) is 2.07. The van der Waals surface area contributed by atoms with E-state index in [-0.39, 0.29) is 11.3 Å². The Bertz CT molecular complexity index is 389. The first kappa shape index (κ1) is 9.85. The first-order valence-corrected chi connectivity index (χ1v) is 3.70. The summed E-state index contributed by atoms with van der Waals surface area (Å²) in [6.07, 6.45) is 0. The smallest absolute Gasteiger partial charge is 0.337 e. The van der Waals surface area contributed by atoms with E-state index in [0.717, 1.165) is 0 Å². The summed E-state index contributed by atoms with van der Waals surface area (Å²) in [4.78, 5) is 21.1. The Kier molecular flexibility index (Phi) is 2.57. The Balaban J connectivity index is 3.06. The van der Waals surface area contributed by atoms with E-state index in [4.69, 9.17) is 16.6 Å². The van der Waals surface area contributed by atoms with Gasteiger partial charge >= 0.3 is 12.0 Å². The van der Waals surface area contributed by atoms with Crippen LogP contribution in [0.1, 0.15) is 10.4 Å². The second kappa shape index (κ2) is 3.65. The Hall–Kier alpha value is -2.24. The molecule has 0 aliphatic heterocycles. The number of benzene rings is 1. The van der Waals surface area contributed by atoms with Crippen LogP contribution in [0.3, 0.4) is 0 Å². The van der Waals surface area contributed by atoms with Crippen molar-refractivity contribution in [2.24, 2.45) is 5.73 Å². The first-order valence-electron chi connectivity index (χ1n) is 3.70. The van der Waals surface area contributed by atoms with E-state index >= 15 is 0 Å². The van der Waals surface area contributed by atoms with Crippen LogP contribution in [-0.2, 0) is 0 Å². The highest BCUT2D eigenvalue weighted by Gasteiger charge is 2.08. The molecule has 0 fully saturated rings. The van der Waals surface area contributed by atoms with E-state index in [2.05, 4.69) is 5.32 Å². The molecule has 1 rings (SSSR count). The SMILES string of the molecule is NC(=O)Nc1ccc(N)c(C(=O)O)c1. The molecule has 0 heterocycles. The third-order valence-corrected chi connectivity index (χ3v) is 1.55. The van der Waals surface area contributed by atoms with Gasteiger partial charge in [-0.25, -0.2) is 9.59 Å². The molecule has 0 bridgehead atoms. The molecule has 0 radical (unpaired) electrons. The highest BCUT2D eigenvalue weighted by atomic mass is 16.4. The Morgan fingerprint density at radius 1 is 1.36 bits per heavy atom. The fraction of sp³-hybridized carbons (Fsp3) is 0. The van der Waals surface area contributed by atoms with Gasteiger partial charge in [-0.15, -0.1) is 0 Å². The van der Waals surface area contributed by atoms with Crippen LogP contribution in [-0.4, -0.2) is 17.1 Å². The van der Waals surface area contributed by atoms with Crippen molar-refractivity contribution in [1.82, 2.24) is 0 Å². The summed E-state index contributed by atoms with van der Waals surface area (Å²) in [6, 6.07) is 3.33. The second-order valence-corrected chi connectivity index (χ2v) is 2.60. The van der Waals surface area contributed by atoms with Crippen molar-refractivity contribution in [2.45, 2.75) is 0 Å². The number of carboxylic acids is 1. The van der Waals surface area contributed by atoms with Gasteiger partial charge in [-0.05, 0) is 18.2 Å². The summed E-state index contributed by atoms with van der Waals surface area (Å²) < 4.78 is 0. The summed E-state index contributed by atoms with van der Waals surface area (Å²) in [5, 5.41) is 10.9. The molecular formula is C8H9N3O3. The molecule has 0 saturated heterocycles. The van der Waals surface area contributed by atoms with Gasteiger partial charge in [0.05, 0.1) is 5.56 Å². The van der Waals surface area contributed by atoms with E-state index < -0.39 is 12.0 Å². The van der Waals surface area contributed by atoms with Gasteiger partial charge in [0, 0.05) is 11.4 Å². The Labute approximate surface area is 79.5 Å². The number of urea groups is 1. The number of carbonyl (C=O) groups is 2. The monoisotopic (exact) mass is 195 g/mol. The normalized spacial score (nSPS) is 9.43. The zero-order valence-corrected chi connectivity index (χ0v) is 7.15. The number of primary amides is 1. The van der Waals surface area contributed by atoms with E-state index in [1.54, 1.807) is 0 Å². The number of hydrogen-bond donors (Lipinski definition) is 4. The van der Waals surface area contributed by atoms with Crippen molar-refractivity contribution < 1.29 is 14.7 Å². The molecule has 6 nitrogen and oxygen atoms in total. The minimum Gasteiger partial charge on any atom is -0.478 e. The van der Waals surface area contributed by atoms with E-state index in [0.29, 0.717) is 5.69 Å². The molecular weight excluding hydrogens is 186 g/mol. The van der Waals surface area contributed by atoms with Crippen molar-refractivity contribution in [3.8, 4) is 0 Å². The second-order valence-electron chi connectivity index (χ2n) is 2.60. The molecule has 74 valence electrons. The minimum atomic E-state index is -1.16. The van der Waals surface area contributed by atoms with Gasteiger partial charge < -0.3 is 21.9 Å². The molecule has 0 atom stereocenters. The number of hydrogen-bond acceptors (Lipinski definition) is 3. The zero-order chi connectivity index (χ0) is 10.7.